The van der Waals surface area contributed by atoms with Gasteiger partial charge in [0.15, 0.2) is 5.75 Å². The van der Waals surface area contributed by atoms with Gasteiger partial charge in [0.05, 0.1) is 5.52 Å². The van der Waals surface area contributed by atoms with Crippen LogP contribution in [0.5, 0.6) is 5.75 Å². The van der Waals surface area contributed by atoms with E-state index < -0.39 is 6.09 Å². The van der Waals surface area contributed by atoms with Crippen molar-refractivity contribution in [2.75, 3.05) is 0 Å². The monoisotopic (exact) mass is 313 g/mol. The Bertz CT molecular complexity index is 801. The molecule has 2 aliphatic rings. The highest BCUT2D eigenvalue weighted by Gasteiger charge is 2.39. The van der Waals surface area contributed by atoms with E-state index in [2.05, 4.69) is 16.0 Å². The van der Waals surface area contributed by atoms with Crippen molar-refractivity contribution in [2.24, 2.45) is 0 Å². The van der Waals surface area contributed by atoms with Gasteiger partial charge in [-0.15, -0.1) is 0 Å². The lowest BCUT2D eigenvalue weighted by Crippen LogP contribution is -2.42. The first-order valence-electron chi connectivity index (χ1n) is 8.34. The molecular formula is C18H23N3O2. The van der Waals surface area contributed by atoms with Crippen molar-refractivity contribution >= 4 is 17.1 Å². The lowest BCUT2D eigenvalue weighted by atomic mass is 10.1. The van der Waals surface area contributed by atoms with E-state index in [4.69, 9.17) is 9.72 Å². The Hall–Kier alpha value is -2.04. The van der Waals surface area contributed by atoms with E-state index >= 15 is 0 Å². The van der Waals surface area contributed by atoms with E-state index in [1.54, 1.807) is 0 Å². The number of fused-ring (bicyclic) bond motifs is 7. The molecular weight excluding hydrogens is 290 g/mol. The number of carbonyl (C=O) groups is 1. The second kappa shape index (κ2) is 4.73. The lowest BCUT2D eigenvalue weighted by molar-refractivity contribution is 0.191. The molecule has 1 amide bonds. The smallest absolute Gasteiger partial charge is 0.408 e. The van der Waals surface area contributed by atoms with Crippen LogP contribution < -0.4 is 10.1 Å². The molecule has 2 bridgehead atoms. The minimum Gasteiger partial charge on any atom is -0.408 e. The molecule has 0 unspecified atom stereocenters. The van der Waals surface area contributed by atoms with Gasteiger partial charge in [0.25, 0.3) is 0 Å². The molecule has 1 saturated carbocycles. The molecule has 1 N–H and O–H groups in total. The second-order valence-corrected chi connectivity index (χ2v) is 7.90. The number of aromatic nitrogens is 2. The Kier molecular flexibility index (Phi) is 2.99. The quantitative estimate of drug-likeness (QED) is 0.864. The second-order valence-electron chi connectivity index (χ2n) is 7.90. The summed E-state index contributed by atoms with van der Waals surface area (Å²) in [5.41, 5.74) is 2.67. The predicted octanol–water partition coefficient (Wildman–Crippen LogP) is 4.05. The molecule has 1 aliphatic heterocycles. The molecule has 5 heteroatoms. The van der Waals surface area contributed by atoms with E-state index in [0.29, 0.717) is 17.7 Å². The van der Waals surface area contributed by atoms with Gasteiger partial charge in [-0.3, -0.25) is 0 Å². The highest BCUT2D eigenvalue weighted by Crippen LogP contribution is 2.50. The Morgan fingerprint density at radius 2 is 2.13 bits per heavy atom. The molecule has 0 spiro atoms. The Morgan fingerprint density at radius 3 is 2.87 bits per heavy atom. The summed E-state index contributed by atoms with van der Waals surface area (Å²) in [4.78, 5) is 17.0. The van der Waals surface area contributed by atoms with Gasteiger partial charge in [0.1, 0.15) is 11.3 Å². The van der Waals surface area contributed by atoms with E-state index in [1.165, 1.54) is 25.1 Å². The average molecular weight is 313 g/mol. The topological polar surface area (TPSA) is 56.1 Å². The minimum atomic E-state index is -0.430. The van der Waals surface area contributed by atoms with Crippen LogP contribution in [0.15, 0.2) is 12.1 Å². The molecule has 1 aromatic heterocycles. The lowest BCUT2D eigenvalue weighted by Gasteiger charge is -2.20. The zero-order valence-electron chi connectivity index (χ0n) is 14.1. The maximum Gasteiger partial charge on any atom is 0.413 e. The number of rotatable bonds is 1. The summed E-state index contributed by atoms with van der Waals surface area (Å²) >= 11 is 0. The van der Waals surface area contributed by atoms with Gasteiger partial charge in [0, 0.05) is 17.5 Å². The molecule has 2 aromatic rings. The first kappa shape index (κ1) is 14.5. The fourth-order valence-electron chi connectivity index (χ4n) is 3.92. The van der Waals surface area contributed by atoms with E-state index in [-0.39, 0.29) is 5.54 Å². The number of imidazole rings is 1. The van der Waals surface area contributed by atoms with Crippen LogP contribution in [-0.2, 0) is 0 Å². The highest BCUT2D eigenvalue weighted by molar-refractivity contribution is 5.87. The van der Waals surface area contributed by atoms with Crippen molar-refractivity contribution < 1.29 is 9.53 Å². The van der Waals surface area contributed by atoms with Gasteiger partial charge in [-0.2, -0.15) is 0 Å². The molecule has 5 nitrogen and oxygen atoms in total. The summed E-state index contributed by atoms with van der Waals surface area (Å²) in [5, 5.41) is 2.84. The average Bonchev–Trinajstić information content (AvgIpc) is 3.06. The summed E-state index contributed by atoms with van der Waals surface area (Å²) in [6, 6.07) is 4.62. The first-order chi connectivity index (χ1) is 10.8. The predicted molar refractivity (Wildman–Crippen MR) is 89.0 cm³/mol. The van der Waals surface area contributed by atoms with Crippen LogP contribution in [0.2, 0.25) is 0 Å². The summed E-state index contributed by atoms with van der Waals surface area (Å²) in [7, 11) is 0. The number of nitrogens with one attached hydrogen (secondary N) is 1. The van der Waals surface area contributed by atoms with E-state index in [1.807, 2.05) is 33.8 Å². The molecule has 0 radical (unpaired) electrons. The van der Waals surface area contributed by atoms with Crippen LogP contribution in [-0.4, -0.2) is 21.2 Å². The first-order valence-corrected chi connectivity index (χ1v) is 8.34. The van der Waals surface area contributed by atoms with Gasteiger partial charge < -0.3 is 14.6 Å². The number of aryl methyl sites for hydroxylation is 1. The van der Waals surface area contributed by atoms with Crippen LogP contribution >= 0.6 is 0 Å². The van der Waals surface area contributed by atoms with Crippen molar-refractivity contribution in [1.82, 2.24) is 14.9 Å². The number of amides is 1. The number of hydrogen-bond acceptors (Lipinski definition) is 3. The molecule has 1 fully saturated rings. The summed E-state index contributed by atoms with van der Waals surface area (Å²) in [6.07, 6.45) is 3.25. The largest absolute Gasteiger partial charge is 0.413 e. The zero-order chi connectivity index (χ0) is 16.4. The molecule has 1 aliphatic carbocycles. The normalized spacial score (nSPS) is 22.4. The Labute approximate surface area is 136 Å². The third-order valence-corrected chi connectivity index (χ3v) is 4.75. The van der Waals surface area contributed by atoms with Crippen molar-refractivity contribution in [1.29, 1.82) is 0 Å². The molecule has 122 valence electrons. The Morgan fingerprint density at radius 1 is 1.35 bits per heavy atom. The van der Waals surface area contributed by atoms with Crippen LogP contribution in [0, 0.1) is 6.92 Å². The fraction of sp³-hybridized carbons (Fsp3) is 0.556. The number of carbonyl (C=O) groups excluding carboxylic acids is 1. The Balaban J connectivity index is 1.75. The van der Waals surface area contributed by atoms with Gasteiger partial charge >= 0.3 is 6.09 Å². The maximum atomic E-state index is 12.1. The summed E-state index contributed by atoms with van der Waals surface area (Å²) in [5.74, 6) is 2.30. The van der Waals surface area contributed by atoms with Crippen LogP contribution in [0.3, 0.4) is 0 Å². The van der Waals surface area contributed by atoms with Crippen molar-refractivity contribution in [3.8, 4) is 5.75 Å². The number of hydrogen-bond donors (Lipinski definition) is 1. The van der Waals surface area contributed by atoms with Crippen LogP contribution in [0.4, 0.5) is 4.79 Å². The highest BCUT2D eigenvalue weighted by atomic mass is 16.6. The SMILES string of the molecule is Cc1cc(OC(=O)NC(C)(C)C)c2nc3n(c2c1)[C@H]1CC[C@@H]3C1. The molecule has 0 saturated heterocycles. The molecule has 23 heavy (non-hydrogen) atoms. The third-order valence-electron chi connectivity index (χ3n) is 4.75. The van der Waals surface area contributed by atoms with Crippen molar-refractivity contribution in [2.45, 2.75) is 64.5 Å². The van der Waals surface area contributed by atoms with Crippen LogP contribution in [0.1, 0.15) is 63.4 Å². The van der Waals surface area contributed by atoms with Gasteiger partial charge in [-0.05, 0) is 64.7 Å². The van der Waals surface area contributed by atoms with Gasteiger partial charge in [-0.25, -0.2) is 9.78 Å². The number of nitrogens with zero attached hydrogens (tertiary/aromatic N) is 2. The van der Waals surface area contributed by atoms with E-state index in [9.17, 15) is 4.79 Å². The summed E-state index contributed by atoms with van der Waals surface area (Å²) < 4.78 is 7.95. The number of benzene rings is 1. The zero-order valence-corrected chi connectivity index (χ0v) is 14.1. The van der Waals surface area contributed by atoms with Gasteiger partial charge in [-0.1, -0.05) is 0 Å². The van der Waals surface area contributed by atoms with Gasteiger partial charge in [0.2, 0.25) is 0 Å². The fourth-order valence-corrected chi connectivity index (χ4v) is 3.92. The maximum absolute atomic E-state index is 12.1. The minimum absolute atomic E-state index is 0.324. The van der Waals surface area contributed by atoms with Crippen molar-refractivity contribution in [3.05, 3.63) is 23.5 Å². The van der Waals surface area contributed by atoms with Crippen molar-refractivity contribution in [3.63, 3.8) is 0 Å². The molecule has 2 heterocycles. The standard InChI is InChI=1S/C18H23N3O2/c1-10-7-13-15(14(8-10)23-17(22)20-18(2,3)4)19-16-11-5-6-12(9-11)21(13)16/h7-8,11-12H,5-6,9H2,1-4H3,(H,20,22)/t11-,12+/m1/s1. The molecule has 2 atom stereocenters. The number of ether oxygens (including phenoxy) is 1. The van der Waals surface area contributed by atoms with Crippen LogP contribution in [0.25, 0.3) is 11.0 Å². The molecule has 4 rings (SSSR count). The summed E-state index contributed by atoms with van der Waals surface area (Å²) in [6.45, 7) is 7.83. The third kappa shape index (κ3) is 2.38. The van der Waals surface area contributed by atoms with E-state index in [0.717, 1.165) is 16.6 Å². The molecule has 1 aromatic carbocycles.